The minimum atomic E-state index is 0.376. The van der Waals surface area contributed by atoms with Crippen molar-refractivity contribution < 1.29 is 0 Å². The lowest BCUT2D eigenvalue weighted by atomic mass is 10.2. The Morgan fingerprint density at radius 2 is 2.19 bits per heavy atom. The van der Waals surface area contributed by atoms with Gasteiger partial charge in [0.15, 0.2) is 5.11 Å². The fourth-order valence-corrected chi connectivity index (χ4v) is 1.66. The van der Waals surface area contributed by atoms with Gasteiger partial charge in [0.1, 0.15) is 0 Å². The summed E-state index contributed by atoms with van der Waals surface area (Å²) >= 11 is 11.2. The molecule has 0 aliphatic carbocycles. The van der Waals surface area contributed by atoms with E-state index >= 15 is 0 Å². The van der Waals surface area contributed by atoms with E-state index in [0.717, 1.165) is 22.7 Å². The van der Waals surface area contributed by atoms with Crippen LogP contribution in [0.3, 0.4) is 0 Å². The molecule has 0 aliphatic rings. The molecule has 0 bridgehead atoms. The Labute approximate surface area is 107 Å². The summed E-state index contributed by atoms with van der Waals surface area (Å²) in [6.45, 7) is 6.18. The highest BCUT2D eigenvalue weighted by molar-refractivity contribution is 7.80. The molecule has 4 heteroatoms. The molecule has 0 heterocycles. The Morgan fingerprint density at radius 1 is 1.50 bits per heavy atom. The third-order valence-corrected chi connectivity index (χ3v) is 3.05. The van der Waals surface area contributed by atoms with Gasteiger partial charge in [-0.1, -0.05) is 24.6 Å². The Kier molecular flexibility index (Phi) is 5.03. The molecule has 0 aliphatic heterocycles. The lowest BCUT2D eigenvalue weighted by Gasteiger charge is -2.15. The van der Waals surface area contributed by atoms with Gasteiger partial charge in [-0.2, -0.15) is 0 Å². The van der Waals surface area contributed by atoms with E-state index in [0.29, 0.717) is 11.2 Å². The summed E-state index contributed by atoms with van der Waals surface area (Å²) in [5.74, 6) is 0. The van der Waals surface area contributed by atoms with Crippen LogP contribution in [0.1, 0.15) is 25.8 Å². The second-order valence-corrected chi connectivity index (χ2v) is 4.69. The summed E-state index contributed by atoms with van der Waals surface area (Å²) in [5, 5.41) is 7.68. The first-order chi connectivity index (χ1) is 7.52. The fraction of sp³-hybridized carbons (Fsp3) is 0.417. The first kappa shape index (κ1) is 13.3. The molecule has 0 saturated carbocycles. The number of anilines is 1. The van der Waals surface area contributed by atoms with Gasteiger partial charge in [-0.15, -0.1) is 0 Å². The zero-order chi connectivity index (χ0) is 12.1. The maximum atomic E-state index is 6.03. The van der Waals surface area contributed by atoms with Crippen molar-refractivity contribution in [3.8, 4) is 0 Å². The van der Waals surface area contributed by atoms with Crippen LogP contribution in [0.15, 0.2) is 18.2 Å². The van der Waals surface area contributed by atoms with Crippen LogP contribution in [0.4, 0.5) is 5.69 Å². The zero-order valence-electron chi connectivity index (χ0n) is 9.80. The molecular formula is C12H17ClN2S. The second kappa shape index (κ2) is 6.06. The van der Waals surface area contributed by atoms with Crippen molar-refractivity contribution >= 4 is 34.6 Å². The summed E-state index contributed by atoms with van der Waals surface area (Å²) in [6, 6.07) is 6.19. The number of benzene rings is 1. The molecule has 1 unspecified atom stereocenters. The smallest absolute Gasteiger partial charge is 0.170 e. The molecule has 1 atom stereocenters. The molecule has 0 aromatic heterocycles. The Balaban J connectivity index is 2.59. The quantitative estimate of drug-likeness (QED) is 0.806. The van der Waals surface area contributed by atoms with Gasteiger partial charge in [-0.05, 0) is 50.2 Å². The van der Waals surface area contributed by atoms with Crippen LogP contribution in [0.5, 0.6) is 0 Å². The van der Waals surface area contributed by atoms with E-state index in [1.165, 1.54) is 0 Å². The van der Waals surface area contributed by atoms with Crippen molar-refractivity contribution in [3.05, 3.63) is 28.8 Å². The van der Waals surface area contributed by atoms with E-state index in [9.17, 15) is 0 Å². The molecule has 0 amide bonds. The van der Waals surface area contributed by atoms with Gasteiger partial charge < -0.3 is 10.6 Å². The van der Waals surface area contributed by atoms with Gasteiger partial charge >= 0.3 is 0 Å². The molecule has 0 saturated heterocycles. The van der Waals surface area contributed by atoms with Gasteiger partial charge in [-0.25, -0.2) is 0 Å². The first-order valence-corrected chi connectivity index (χ1v) is 6.15. The summed E-state index contributed by atoms with van der Waals surface area (Å²) in [6.07, 6.45) is 1.04. The van der Waals surface area contributed by atoms with Gasteiger partial charge in [0.2, 0.25) is 0 Å². The maximum absolute atomic E-state index is 6.03. The van der Waals surface area contributed by atoms with E-state index in [4.69, 9.17) is 23.8 Å². The maximum Gasteiger partial charge on any atom is 0.170 e. The molecule has 1 aromatic rings. The molecule has 2 nitrogen and oxygen atoms in total. The minimum absolute atomic E-state index is 0.376. The average molecular weight is 257 g/mol. The van der Waals surface area contributed by atoms with Gasteiger partial charge in [-0.3, -0.25) is 0 Å². The van der Waals surface area contributed by atoms with Gasteiger partial charge in [0.25, 0.3) is 0 Å². The highest BCUT2D eigenvalue weighted by atomic mass is 35.5. The summed E-state index contributed by atoms with van der Waals surface area (Å²) in [7, 11) is 0. The highest BCUT2D eigenvalue weighted by Crippen LogP contribution is 2.19. The first-order valence-electron chi connectivity index (χ1n) is 5.36. The fourth-order valence-electron chi connectivity index (χ4n) is 1.16. The van der Waals surface area contributed by atoms with Crippen molar-refractivity contribution in [2.45, 2.75) is 33.2 Å². The monoisotopic (exact) mass is 256 g/mol. The largest absolute Gasteiger partial charge is 0.360 e. The number of nitrogens with one attached hydrogen (secondary N) is 2. The average Bonchev–Trinajstić information content (AvgIpc) is 2.23. The molecule has 0 fully saturated rings. The highest BCUT2D eigenvalue weighted by Gasteiger charge is 2.03. The second-order valence-electron chi connectivity index (χ2n) is 3.87. The molecule has 16 heavy (non-hydrogen) atoms. The number of halogens is 1. The van der Waals surface area contributed by atoms with Crippen LogP contribution in [-0.2, 0) is 0 Å². The van der Waals surface area contributed by atoms with Gasteiger partial charge in [0.05, 0.1) is 0 Å². The van der Waals surface area contributed by atoms with Crippen molar-refractivity contribution in [3.63, 3.8) is 0 Å². The summed E-state index contributed by atoms with van der Waals surface area (Å²) in [4.78, 5) is 0. The van der Waals surface area contributed by atoms with Crippen LogP contribution >= 0.6 is 23.8 Å². The van der Waals surface area contributed by atoms with Crippen LogP contribution in [0.25, 0.3) is 0 Å². The number of hydrogen-bond donors (Lipinski definition) is 2. The zero-order valence-corrected chi connectivity index (χ0v) is 11.4. The summed E-state index contributed by atoms with van der Waals surface area (Å²) < 4.78 is 0. The lowest BCUT2D eigenvalue weighted by molar-refractivity contribution is 0.646. The number of rotatable bonds is 3. The van der Waals surface area contributed by atoms with Crippen LogP contribution in [-0.4, -0.2) is 11.2 Å². The Bertz CT molecular complexity index is 379. The van der Waals surface area contributed by atoms with Crippen molar-refractivity contribution in [1.29, 1.82) is 0 Å². The minimum Gasteiger partial charge on any atom is -0.360 e. The SMILES string of the molecule is CCC(C)NC(=S)Nc1ccc(C)c(Cl)c1. The van der Waals surface area contributed by atoms with E-state index < -0.39 is 0 Å². The molecule has 0 radical (unpaired) electrons. The lowest BCUT2D eigenvalue weighted by Crippen LogP contribution is -2.35. The standard InChI is InChI=1S/C12H17ClN2S/c1-4-9(3)14-12(16)15-10-6-5-8(2)11(13)7-10/h5-7,9H,4H2,1-3H3,(H2,14,15,16). The number of aryl methyl sites for hydroxylation is 1. The molecule has 88 valence electrons. The molecular weight excluding hydrogens is 240 g/mol. The normalized spacial score (nSPS) is 12.0. The number of hydrogen-bond acceptors (Lipinski definition) is 1. The topological polar surface area (TPSA) is 24.1 Å². The Morgan fingerprint density at radius 3 is 2.75 bits per heavy atom. The summed E-state index contributed by atoms with van der Waals surface area (Å²) in [5.41, 5.74) is 1.98. The third-order valence-electron chi connectivity index (χ3n) is 2.42. The van der Waals surface area contributed by atoms with Crippen LogP contribution in [0, 0.1) is 6.92 Å². The molecule has 1 aromatic carbocycles. The van der Waals surface area contributed by atoms with Gasteiger partial charge in [0, 0.05) is 16.8 Å². The molecule has 1 rings (SSSR count). The molecule has 2 N–H and O–H groups in total. The number of thiocarbonyl (C=S) groups is 1. The van der Waals surface area contributed by atoms with E-state index in [2.05, 4.69) is 24.5 Å². The van der Waals surface area contributed by atoms with Crippen molar-refractivity contribution in [2.24, 2.45) is 0 Å². The predicted octanol–water partition coefficient (Wildman–Crippen LogP) is 3.73. The van der Waals surface area contributed by atoms with E-state index in [1.54, 1.807) is 0 Å². The van der Waals surface area contributed by atoms with E-state index in [1.807, 2.05) is 25.1 Å². The van der Waals surface area contributed by atoms with Crippen LogP contribution < -0.4 is 10.6 Å². The Hall–Kier alpha value is -0.800. The van der Waals surface area contributed by atoms with E-state index in [-0.39, 0.29) is 0 Å². The third kappa shape index (κ3) is 3.99. The van der Waals surface area contributed by atoms with Crippen LogP contribution in [0.2, 0.25) is 5.02 Å². The van der Waals surface area contributed by atoms with Crippen molar-refractivity contribution in [1.82, 2.24) is 5.32 Å². The molecule has 0 spiro atoms. The van der Waals surface area contributed by atoms with Crippen molar-refractivity contribution in [2.75, 3.05) is 5.32 Å². The predicted molar refractivity (Wildman–Crippen MR) is 75.3 cm³/mol.